The summed E-state index contributed by atoms with van der Waals surface area (Å²) in [5.41, 5.74) is 0. The molecule has 0 N–H and O–H groups in total. The van der Waals surface area contributed by atoms with E-state index >= 15 is 0 Å². The van der Waals surface area contributed by atoms with Crippen LogP contribution in [0.1, 0.15) is 26.2 Å². The first kappa shape index (κ1) is 11.0. The maximum absolute atomic E-state index is 11.6. The van der Waals surface area contributed by atoms with Gasteiger partial charge in [0, 0.05) is 26.6 Å². The summed E-state index contributed by atoms with van der Waals surface area (Å²) in [6.07, 6.45) is 2.51. The van der Waals surface area contributed by atoms with Gasteiger partial charge in [0.25, 0.3) is 0 Å². The lowest BCUT2D eigenvalue weighted by Crippen LogP contribution is -2.50. The third kappa shape index (κ3) is 2.72. The van der Waals surface area contributed by atoms with Crippen molar-refractivity contribution in [2.24, 2.45) is 0 Å². The van der Waals surface area contributed by atoms with E-state index in [9.17, 15) is 9.59 Å². The molecule has 0 spiro atoms. The van der Waals surface area contributed by atoms with E-state index in [2.05, 4.69) is 6.92 Å². The number of hydrogen-bond donors (Lipinski definition) is 0. The molecule has 0 unspecified atom stereocenters. The summed E-state index contributed by atoms with van der Waals surface area (Å²) in [6, 6.07) is 0. The van der Waals surface area contributed by atoms with Gasteiger partial charge >= 0.3 is 0 Å². The fourth-order valence-electron chi connectivity index (χ4n) is 1.46. The molecule has 1 heterocycles. The van der Waals surface area contributed by atoms with Crippen molar-refractivity contribution in [2.45, 2.75) is 26.2 Å². The molecule has 0 saturated carbocycles. The largest absolute Gasteiger partial charge is 0.342 e. The minimum atomic E-state index is 0.0427. The molecule has 1 fully saturated rings. The first-order valence-corrected chi connectivity index (χ1v) is 5.17. The molecule has 14 heavy (non-hydrogen) atoms. The number of rotatable bonds is 3. The first-order chi connectivity index (χ1) is 6.65. The summed E-state index contributed by atoms with van der Waals surface area (Å²) in [7, 11) is 1.77. The van der Waals surface area contributed by atoms with Gasteiger partial charge in [-0.2, -0.15) is 0 Å². The summed E-state index contributed by atoms with van der Waals surface area (Å²) in [5, 5.41) is 0. The lowest BCUT2D eigenvalue weighted by Gasteiger charge is -2.32. The zero-order valence-corrected chi connectivity index (χ0v) is 8.95. The van der Waals surface area contributed by atoms with Gasteiger partial charge in [0.2, 0.25) is 11.8 Å². The van der Waals surface area contributed by atoms with Gasteiger partial charge in [-0.05, 0) is 6.42 Å². The van der Waals surface area contributed by atoms with Crippen molar-refractivity contribution < 1.29 is 9.59 Å². The van der Waals surface area contributed by atoms with E-state index in [-0.39, 0.29) is 18.4 Å². The van der Waals surface area contributed by atoms with Crippen LogP contribution in [0, 0.1) is 0 Å². The number of piperazine rings is 1. The highest BCUT2D eigenvalue weighted by molar-refractivity contribution is 5.85. The third-order valence-electron chi connectivity index (χ3n) is 2.55. The van der Waals surface area contributed by atoms with E-state index in [0.717, 1.165) is 12.8 Å². The summed E-state index contributed by atoms with van der Waals surface area (Å²) in [4.78, 5) is 26.2. The summed E-state index contributed by atoms with van der Waals surface area (Å²) in [6.45, 7) is 3.67. The number of amides is 2. The Bertz CT molecular complexity index is 228. The smallest absolute Gasteiger partial charge is 0.241 e. The molecule has 0 aromatic rings. The van der Waals surface area contributed by atoms with E-state index < -0.39 is 0 Å². The molecule has 0 radical (unpaired) electrons. The van der Waals surface area contributed by atoms with Gasteiger partial charge in [-0.15, -0.1) is 0 Å². The third-order valence-corrected chi connectivity index (χ3v) is 2.55. The monoisotopic (exact) mass is 198 g/mol. The zero-order chi connectivity index (χ0) is 10.6. The highest BCUT2D eigenvalue weighted by Gasteiger charge is 2.23. The molecule has 1 saturated heterocycles. The first-order valence-electron chi connectivity index (χ1n) is 5.17. The second-order valence-corrected chi connectivity index (χ2v) is 3.73. The molecule has 0 aromatic heterocycles. The second kappa shape index (κ2) is 4.98. The molecule has 0 aromatic carbocycles. The fourth-order valence-corrected chi connectivity index (χ4v) is 1.46. The van der Waals surface area contributed by atoms with Crippen molar-refractivity contribution in [3.63, 3.8) is 0 Å². The van der Waals surface area contributed by atoms with E-state index in [0.29, 0.717) is 19.5 Å². The van der Waals surface area contributed by atoms with Crippen LogP contribution in [0.15, 0.2) is 0 Å². The molecule has 1 aliphatic rings. The van der Waals surface area contributed by atoms with Crippen molar-refractivity contribution in [3.05, 3.63) is 0 Å². The van der Waals surface area contributed by atoms with E-state index in [1.165, 1.54) is 0 Å². The minimum Gasteiger partial charge on any atom is -0.342 e. The Hall–Kier alpha value is -1.06. The van der Waals surface area contributed by atoms with Crippen LogP contribution in [0.3, 0.4) is 0 Å². The van der Waals surface area contributed by atoms with Gasteiger partial charge in [-0.3, -0.25) is 9.59 Å². The Morgan fingerprint density at radius 2 is 2.14 bits per heavy atom. The van der Waals surface area contributed by atoms with Crippen LogP contribution in [-0.4, -0.2) is 48.3 Å². The minimum absolute atomic E-state index is 0.0427. The maximum atomic E-state index is 11.6. The van der Waals surface area contributed by atoms with Crippen molar-refractivity contribution in [2.75, 3.05) is 26.7 Å². The van der Waals surface area contributed by atoms with Gasteiger partial charge in [0.1, 0.15) is 0 Å². The Labute approximate surface area is 84.9 Å². The van der Waals surface area contributed by atoms with Crippen LogP contribution in [0.5, 0.6) is 0 Å². The molecule has 80 valence electrons. The maximum Gasteiger partial charge on any atom is 0.241 e. The van der Waals surface area contributed by atoms with Crippen LogP contribution >= 0.6 is 0 Å². The van der Waals surface area contributed by atoms with Crippen LogP contribution in [-0.2, 0) is 9.59 Å². The molecule has 4 nitrogen and oxygen atoms in total. The van der Waals surface area contributed by atoms with Crippen molar-refractivity contribution in [3.8, 4) is 0 Å². The molecule has 1 rings (SSSR count). The molecular weight excluding hydrogens is 180 g/mol. The highest BCUT2D eigenvalue weighted by atomic mass is 16.2. The number of likely N-dealkylation sites (N-methyl/N-ethyl adjacent to an activating group) is 1. The number of carbonyl (C=O) groups excluding carboxylic acids is 2. The molecule has 0 bridgehead atoms. The molecular formula is C10H18N2O2. The molecule has 2 amide bonds. The zero-order valence-electron chi connectivity index (χ0n) is 8.95. The predicted molar refractivity (Wildman–Crippen MR) is 53.7 cm³/mol. The Kier molecular flexibility index (Phi) is 3.92. The Balaban J connectivity index is 2.38. The number of unbranched alkanes of at least 4 members (excludes halogenated alkanes) is 1. The fraction of sp³-hybridized carbons (Fsp3) is 0.800. The van der Waals surface area contributed by atoms with Gasteiger partial charge in [0.15, 0.2) is 0 Å². The highest BCUT2D eigenvalue weighted by Crippen LogP contribution is 2.05. The standard InChI is InChI=1S/C10H18N2O2/c1-3-4-5-9(13)12-7-6-11(2)10(14)8-12/h3-8H2,1-2H3. The quantitative estimate of drug-likeness (QED) is 0.661. The lowest BCUT2D eigenvalue weighted by atomic mass is 10.2. The van der Waals surface area contributed by atoms with Crippen molar-refractivity contribution >= 4 is 11.8 Å². The Morgan fingerprint density at radius 1 is 1.43 bits per heavy atom. The van der Waals surface area contributed by atoms with Gasteiger partial charge in [-0.25, -0.2) is 0 Å². The van der Waals surface area contributed by atoms with Crippen LogP contribution in [0.25, 0.3) is 0 Å². The topological polar surface area (TPSA) is 40.6 Å². The SMILES string of the molecule is CCCCC(=O)N1CCN(C)C(=O)C1. The van der Waals surface area contributed by atoms with Crippen LogP contribution < -0.4 is 0 Å². The lowest BCUT2D eigenvalue weighted by molar-refractivity contribution is -0.144. The average molecular weight is 198 g/mol. The summed E-state index contributed by atoms with van der Waals surface area (Å²) < 4.78 is 0. The normalized spacial score (nSPS) is 17.4. The van der Waals surface area contributed by atoms with Gasteiger partial charge < -0.3 is 9.80 Å². The van der Waals surface area contributed by atoms with E-state index in [1.54, 1.807) is 16.8 Å². The van der Waals surface area contributed by atoms with Crippen LogP contribution in [0.2, 0.25) is 0 Å². The van der Waals surface area contributed by atoms with Gasteiger partial charge in [-0.1, -0.05) is 13.3 Å². The average Bonchev–Trinajstić information content (AvgIpc) is 2.18. The number of hydrogen-bond acceptors (Lipinski definition) is 2. The Morgan fingerprint density at radius 3 is 2.71 bits per heavy atom. The summed E-state index contributed by atoms with van der Waals surface area (Å²) in [5.74, 6) is 0.161. The van der Waals surface area contributed by atoms with Crippen molar-refractivity contribution in [1.29, 1.82) is 0 Å². The van der Waals surface area contributed by atoms with E-state index in [1.807, 2.05) is 0 Å². The molecule has 0 atom stereocenters. The molecule has 0 aliphatic carbocycles. The number of carbonyl (C=O) groups is 2. The van der Waals surface area contributed by atoms with Crippen LogP contribution in [0.4, 0.5) is 0 Å². The molecule has 1 aliphatic heterocycles. The van der Waals surface area contributed by atoms with Crippen molar-refractivity contribution in [1.82, 2.24) is 9.80 Å². The summed E-state index contributed by atoms with van der Waals surface area (Å²) >= 11 is 0. The second-order valence-electron chi connectivity index (χ2n) is 3.73. The van der Waals surface area contributed by atoms with Gasteiger partial charge in [0.05, 0.1) is 6.54 Å². The predicted octanol–water partition coefficient (Wildman–Crippen LogP) is 0.477. The number of nitrogens with zero attached hydrogens (tertiary/aromatic N) is 2. The van der Waals surface area contributed by atoms with E-state index in [4.69, 9.17) is 0 Å². The molecule has 4 heteroatoms.